The molecule has 1 aromatic carbocycles. The Bertz CT molecular complexity index is 220. The molecule has 0 radical (unpaired) electrons. The Morgan fingerprint density at radius 3 is 2.00 bits per heavy atom. The zero-order valence-electron chi connectivity index (χ0n) is 6.25. The summed E-state index contributed by atoms with van der Waals surface area (Å²) in [6, 6.07) is 7.77. The van der Waals surface area contributed by atoms with Gasteiger partial charge in [-0.3, -0.25) is 0 Å². The van der Waals surface area contributed by atoms with Crippen molar-refractivity contribution in [3.63, 3.8) is 0 Å². The molecule has 1 heterocycles. The summed E-state index contributed by atoms with van der Waals surface area (Å²) in [5, 5.41) is 0. The lowest BCUT2D eigenvalue weighted by Gasteiger charge is -2.04. The SMILES string of the molecule is c1ccc2c(c1)OCCCO2. The van der Waals surface area contributed by atoms with Crippen LogP contribution in [0.15, 0.2) is 24.3 Å². The lowest BCUT2D eigenvalue weighted by molar-refractivity contribution is 0.297. The molecule has 0 bridgehead atoms. The maximum absolute atomic E-state index is 5.42. The fourth-order valence-corrected chi connectivity index (χ4v) is 1.11. The number of ether oxygens (including phenoxy) is 2. The normalized spacial score (nSPS) is 15.6. The largest absolute Gasteiger partial charge is 0.490 e. The third-order valence-corrected chi connectivity index (χ3v) is 1.65. The highest BCUT2D eigenvalue weighted by Crippen LogP contribution is 2.27. The van der Waals surface area contributed by atoms with Crippen molar-refractivity contribution in [2.24, 2.45) is 0 Å². The molecule has 2 nitrogen and oxygen atoms in total. The minimum atomic E-state index is 0.761. The molecule has 0 spiro atoms. The number of hydrogen-bond acceptors (Lipinski definition) is 2. The molecular weight excluding hydrogens is 140 g/mol. The second kappa shape index (κ2) is 2.82. The minimum absolute atomic E-state index is 0.761. The number of hydrogen-bond donors (Lipinski definition) is 0. The zero-order chi connectivity index (χ0) is 7.52. The molecular formula is C9H10O2. The Morgan fingerprint density at radius 2 is 1.45 bits per heavy atom. The minimum Gasteiger partial charge on any atom is -0.490 e. The molecule has 2 rings (SSSR count). The molecule has 58 valence electrons. The van der Waals surface area contributed by atoms with Gasteiger partial charge in [-0.05, 0) is 12.1 Å². The van der Waals surface area contributed by atoms with Crippen LogP contribution in [0.5, 0.6) is 11.5 Å². The quantitative estimate of drug-likeness (QED) is 0.562. The topological polar surface area (TPSA) is 18.5 Å². The maximum Gasteiger partial charge on any atom is 0.161 e. The molecule has 0 unspecified atom stereocenters. The first-order valence-electron chi connectivity index (χ1n) is 3.81. The van der Waals surface area contributed by atoms with E-state index in [9.17, 15) is 0 Å². The van der Waals surface area contributed by atoms with Crippen molar-refractivity contribution in [1.82, 2.24) is 0 Å². The third kappa shape index (κ3) is 1.29. The van der Waals surface area contributed by atoms with Gasteiger partial charge in [0.05, 0.1) is 13.2 Å². The summed E-state index contributed by atoms with van der Waals surface area (Å²) in [5.41, 5.74) is 0. The molecule has 1 aromatic rings. The van der Waals surface area contributed by atoms with Gasteiger partial charge in [0.1, 0.15) is 0 Å². The molecule has 0 saturated carbocycles. The van der Waals surface area contributed by atoms with Crippen LogP contribution in [-0.4, -0.2) is 13.2 Å². The van der Waals surface area contributed by atoms with Gasteiger partial charge >= 0.3 is 0 Å². The van der Waals surface area contributed by atoms with Crippen LogP contribution >= 0.6 is 0 Å². The maximum atomic E-state index is 5.42. The summed E-state index contributed by atoms with van der Waals surface area (Å²) in [7, 11) is 0. The third-order valence-electron chi connectivity index (χ3n) is 1.65. The first kappa shape index (κ1) is 6.53. The highest BCUT2D eigenvalue weighted by Gasteiger charge is 2.06. The molecule has 1 aliphatic rings. The van der Waals surface area contributed by atoms with E-state index in [2.05, 4.69) is 0 Å². The molecule has 0 saturated heterocycles. The number of para-hydroxylation sites is 2. The van der Waals surface area contributed by atoms with Gasteiger partial charge in [-0.25, -0.2) is 0 Å². The van der Waals surface area contributed by atoms with E-state index in [0.29, 0.717) is 0 Å². The second-order valence-electron chi connectivity index (χ2n) is 2.50. The van der Waals surface area contributed by atoms with E-state index >= 15 is 0 Å². The van der Waals surface area contributed by atoms with Gasteiger partial charge in [-0.15, -0.1) is 0 Å². The first-order valence-corrected chi connectivity index (χ1v) is 3.81. The average Bonchev–Trinajstić information content (AvgIpc) is 2.28. The van der Waals surface area contributed by atoms with Crippen LogP contribution in [-0.2, 0) is 0 Å². The standard InChI is InChI=1S/C9H10O2/c1-2-5-9-8(4-1)10-6-3-7-11-9/h1-2,4-5H,3,6-7H2. The van der Waals surface area contributed by atoms with Crippen molar-refractivity contribution >= 4 is 0 Å². The lowest BCUT2D eigenvalue weighted by Crippen LogP contribution is -1.97. The molecule has 2 heteroatoms. The molecule has 11 heavy (non-hydrogen) atoms. The fraction of sp³-hybridized carbons (Fsp3) is 0.333. The molecule has 0 N–H and O–H groups in total. The predicted octanol–water partition coefficient (Wildman–Crippen LogP) is 1.85. The van der Waals surface area contributed by atoms with Crippen molar-refractivity contribution < 1.29 is 9.47 Å². The first-order chi connectivity index (χ1) is 5.47. The van der Waals surface area contributed by atoms with Crippen LogP contribution in [0.25, 0.3) is 0 Å². The van der Waals surface area contributed by atoms with Crippen molar-refractivity contribution in [3.05, 3.63) is 24.3 Å². The van der Waals surface area contributed by atoms with E-state index in [1.54, 1.807) is 0 Å². The van der Waals surface area contributed by atoms with Gasteiger partial charge in [-0.1, -0.05) is 12.1 Å². The Kier molecular flexibility index (Phi) is 1.68. The summed E-state index contributed by atoms with van der Waals surface area (Å²) in [5.74, 6) is 1.73. The van der Waals surface area contributed by atoms with Crippen LogP contribution < -0.4 is 9.47 Å². The van der Waals surface area contributed by atoms with Gasteiger partial charge < -0.3 is 9.47 Å². The van der Waals surface area contributed by atoms with Gasteiger partial charge in [0.15, 0.2) is 11.5 Å². The average molecular weight is 150 g/mol. The van der Waals surface area contributed by atoms with E-state index < -0.39 is 0 Å². The lowest BCUT2D eigenvalue weighted by atomic mass is 10.3. The van der Waals surface area contributed by atoms with E-state index in [1.807, 2.05) is 24.3 Å². The molecule has 0 amide bonds. The number of benzene rings is 1. The molecule has 0 fully saturated rings. The van der Waals surface area contributed by atoms with Gasteiger partial charge in [-0.2, -0.15) is 0 Å². The Labute approximate surface area is 65.7 Å². The summed E-state index contributed by atoms with van der Waals surface area (Å²) in [4.78, 5) is 0. The van der Waals surface area contributed by atoms with Crippen molar-refractivity contribution in [3.8, 4) is 11.5 Å². The smallest absolute Gasteiger partial charge is 0.161 e. The molecule has 0 atom stereocenters. The molecule has 0 aromatic heterocycles. The highest BCUT2D eigenvalue weighted by molar-refractivity contribution is 5.39. The zero-order valence-corrected chi connectivity index (χ0v) is 6.25. The number of fused-ring (bicyclic) bond motifs is 1. The van der Waals surface area contributed by atoms with E-state index in [0.717, 1.165) is 31.1 Å². The Morgan fingerprint density at radius 1 is 0.909 bits per heavy atom. The van der Waals surface area contributed by atoms with Crippen molar-refractivity contribution in [1.29, 1.82) is 0 Å². The molecule has 1 aliphatic heterocycles. The second-order valence-corrected chi connectivity index (χ2v) is 2.50. The fourth-order valence-electron chi connectivity index (χ4n) is 1.11. The van der Waals surface area contributed by atoms with E-state index in [1.165, 1.54) is 0 Å². The summed E-state index contributed by atoms with van der Waals surface area (Å²) in [6.07, 6.45) is 0.967. The summed E-state index contributed by atoms with van der Waals surface area (Å²) in [6.45, 7) is 1.52. The molecule has 0 aliphatic carbocycles. The van der Waals surface area contributed by atoms with Crippen molar-refractivity contribution in [2.45, 2.75) is 6.42 Å². The predicted molar refractivity (Wildman–Crippen MR) is 42.0 cm³/mol. The van der Waals surface area contributed by atoms with Gasteiger partial charge in [0.25, 0.3) is 0 Å². The monoisotopic (exact) mass is 150 g/mol. The van der Waals surface area contributed by atoms with Crippen LogP contribution in [0, 0.1) is 0 Å². The van der Waals surface area contributed by atoms with Gasteiger partial charge in [0, 0.05) is 6.42 Å². The number of rotatable bonds is 0. The summed E-state index contributed by atoms with van der Waals surface area (Å²) < 4.78 is 10.8. The van der Waals surface area contributed by atoms with Crippen LogP contribution in [0.1, 0.15) is 6.42 Å². The van der Waals surface area contributed by atoms with Gasteiger partial charge in [0.2, 0.25) is 0 Å². The van der Waals surface area contributed by atoms with Crippen molar-refractivity contribution in [2.75, 3.05) is 13.2 Å². The van der Waals surface area contributed by atoms with Crippen LogP contribution in [0.4, 0.5) is 0 Å². The summed E-state index contributed by atoms with van der Waals surface area (Å²) >= 11 is 0. The Balaban J connectivity index is 2.33. The Hall–Kier alpha value is -1.18. The van der Waals surface area contributed by atoms with E-state index in [4.69, 9.17) is 9.47 Å². The van der Waals surface area contributed by atoms with E-state index in [-0.39, 0.29) is 0 Å². The highest BCUT2D eigenvalue weighted by atomic mass is 16.5. The van der Waals surface area contributed by atoms with Crippen LogP contribution in [0.3, 0.4) is 0 Å². The van der Waals surface area contributed by atoms with Crippen LogP contribution in [0.2, 0.25) is 0 Å².